The van der Waals surface area contributed by atoms with Crippen molar-refractivity contribution in [2.75, 3.05) is 32.7 Å². The second-order valence-electron chi connectivity index (χ2n) is 8.07. The van der Waals surface area contributed by atoms with Crippen LogP contribution in [0.1, 0.15) is 53.4 Å². The lowest BCUT2D eigenvalue weighted by Gasteiger charge is -2.50. The Morgan fingerprint density at radius 1 is 1.18 bits per heavy atom. The Balaban J connectivity index is 1.89. The van der Waals surface area contributed by atoms with Crippen molar-refractivity contribution >= 4 is 6.09 Å². The van der Waals surface area contributed by atoms with E-state index < -0.39 is 5.60 Å². The summed E-state index contributed by atoms with van der Waals surface area (Å²) < 4.78 is 5.47. The molecule has 0 bridgehead atoms. The summed E-state index contributed by atoms with van der Waals surface area (Å²) in [5.41, 5.74) is 5.88. The number of amides is 1. The van der Waals surface area contributed by atoms with Crippen LogP contribution < -0.4 is 5.73 Å². The predicted molar refractivity (Wildman–Crippen MR) is 88.8 cm³/mol. The predicted octanol–water partition coefficient (Wildman–Crippen LogP) is 2.45. The molecule has 2 fully saturated rings. The van der Waals surface area contributed by atoms with Crippen LogP contribution in [0.5, 0.6) is 0 Å². The Bertz CT molecular complexity index is 376. The minimum Gasteiger partial charge on any atom is -0.444 e. The molecular weight excluding hydrogens is 278 g/mol. The third kappa shape index (κ3) is 4.13. The van der Waals surface area contributed by atoms with Crippen molar-refractivity contribution in [1.82, 2.24) is 9.80 Å². The summed E-state index contributed by atoms with van der Waals surface area (Å²) in [5, 5.41) is 0. The fourth-order valence-corrected chi connectivity index (χ4v) is 3.64. The molecule has 0 atom stereocenters. The van der Waals surface area contributed by atoms with Crippen LogP contribution in [0, 0.1) is 5.92 Å². The highest BCUT2D eigenvalue weighted by atomic mass is 16.6. The van der Waals surface area contributed by atoms with E-state index in [0.717, 1.165) is 38.6 Å². The summed E-state index contributed by atoms with van der Waals surface area (Å²) >= 11 is 0. The van der Waals surface area contributed by atoms with Crippen molar-refractivity contribution in [3.05, 3.63) is 0 Å². The smallest absolute Gasteiger partial charge is 0.410 e. The van der Waals surface area contributed by atoms with Gasteiger partial charge in [0.25, 0.3) is 0 Å². The molecule has 0 radical (unpaired) electrons. The van der Waals surface area contributed by atoms with Gasteiger partial charge >= 0.3 is 6.09 Å². The van der Waals surface area contributed by atoms with Crippen molar-refractivity contribution < 1.29 is 9.53 Å². The Labute approximate surface area is 135 Å². The molecule has 1 aliphatic carbocycles. The monoisotopic (exact) mass is 311 g/mol. The number of nitrogens with zero attached hydrogens (tertiary/aromatic N) is 2. The summed E-state index contributed by atoms with van der Waals surface area (Å²) in [6.07, 6.45) is 4.73. The van der Waals surface area contributed by atoms with E-state index >= 15 is 0 Å². The van der Waals surface area contributed by atoms with Crippen molar-refractivity contribution in [1.29, 1.82) is 0 Å². The van der Waals surface area contributed by atoms with Crippen LogP contribution in [0.4, 0.5) is 4.79 Å². The number of piperazine rings is 1. The molecule has 1 saturated carbocycles. The molecule has 0 aromatic rings. The molecule has 2 N–H and O–H groups in total. The van der Waals surface area contributed by atoms with Gasteiger partial charge in [0.1, 0.15) is 5.60 Å². The molecule has 0 aromatic carbocycles. The molecular formula is C17H33N3O2. The van der Waals surface area contributed by atoms with E-state index in [1.54, 1.807) is 0 Å². The van der Waals surface area contributed by atoms with E-state index in [9.17, 15) is 4.79 Å². The van der Waals surface area contributed by atoms with Gasteiger partial charge in [0, 0.05) is 38.3 Å². The number of hydrogen-bond donors (Lipinski definition) is 1. The molecule has 1 heterocycles. The summed E-state index contributed by atoms with van der Waals surface area (Å²) in [5.74, 6) is 0.822. The molecule has 0 spiro atoms. The fourth-order valence-electron chi connectivity index (χ4n) is 3.64. The van der Waals surface area contributed by atoms with Gasteiger partial charge in [-0.05, 0) is 52.4 Å². The van der Waals surface area contributed by atoms with Gasteiger partial charge in [-0.1, -0.05) is 6.92 Å². The molecule has 1 amide bonds. The van der Waals surface area contributed by atoms with E-state index in [2.05, 4.69) is 11.8 Å². The minimum atomic E-state index is -0.424. The standard InChI is InChI=1S/C17H33N3O2/c1-14-5-7-17(13-18,8-6-14)20-11-9-19(10-12-20)15(21)22-16(2,3)4/h14H,5-13,18H2,1-4H3. The summed E-state index contributed by atoms with van der Waals surface area (Å²) in [6, 6.07) is 0. The third-order valence-electron chi connectivity index (χ3n) is 5.19. The minimum absolute atomic E-state index is 0.159. The molecule has 1 saturated heterocycles. The highest BCUT2D eigenvalue weighted by Crippen LogP contribution is 2.36. The summed E-state index contributed by atoms with van der Waals surface area (Å²) in [4.78, 5) is 16.5. The molecule has 0 unspecified atom stereocenters. The van der Waals surface area contributed by atoms with E-state index in [-0.39, 0.29) is 11.6 Å². The van der Waals surface area contributed by atoms with Gasteiger partial charge in [0.05, 0.1) is 0 Å². The van der Waals surface area contributed by atoms with Gasteiger partial charge < -0.3 is 15.4 Å². The van der Waals surface area contributed by atoms with Crippen LogP contribution in [0.2, 0.25) is 0 Å². The SMILES string of the molecule is CC1CCC(CN)(N2CCN(C(=O)OC(C)(C)C)CC2)CC1. The third-order valence-corrected chi connectivity index (χ3v) is 5.19. The first-order chi connectivity index (χ1) is 10.3. The lowest BCUT2D eigenvalue weighted by Crippen LogP contribution is -2.62. The van der Waals surface area contributed by atoms with E-state index in [1.807, 2.05) is 25.7 Å². The Morgan fingerprint density at radius 2 is 1.73 bits per heavy atom. The lowest BCUT2D eigenvalue weighted by atomic mass is 9.75. The second kappa shape index (κ2) is 6.75. The number of ether oxygens (including phenoxy) is 1. The van der Waals surface area contributed by atoms with Crippen LogP contribution in [0.3, 0.4) is 0 Å². The van der Waals surface area contributed by atoms with Crippen molar-refractivity contribution in [3.8, 4) is 0 Å². The zero-order chi connectivity index (χ0) is 16.4. The topological polar surface area (TPSA) is 58.8 Å². The first-order valence-corrected chi connectivity index (χ1v) is 8.69. The van der Waals surface area contributed by atoms with Crippen molar-refractivity contribution in [3.63, 3.8) is 0 Å². The average molecular weight is 311 g/mol. The maximum absolute atomic E-state index is 12.1. The van der Waals surface area contributed by atoms with Gasteiger partial charge in [0.2, 0.25) is 0 Å². The zero-order valence-electron chi connectivity index (χ0n) is 14.7. The number of carbonyl (C=O) groups is 1. The van der Waals surface area contributed by atoms with Crippen LogP contribution in [-0.2, 0) is 4.74 Å². The molecule has 2 aliphatic rings. The molecule has 22 heavy (non-hydrogen) atoms. The molecule has 5 nitrogen and oxygen atoms in total. The Hall–Kier alpha value is -0.810. The van der Waals surface area contributed by atoms with E-state index in [1.165, 1.54) is 25.7 Å². The fraction of sp³-hybridized carbons (Fsp3) is 0.941. The Kier molecular flexibility index (Phi) is 5.38. The first-order valence-electron chi connectivity index (χ1n) is 8.69. The molecule has 128 valence electrons. The lowest BCUT2D eigenvalue weighted by molar-refractivity contribution is -0.0145. The number of carbonyl (C=O) groups excluding carboxylic acids is 1. The molecule has 0 aromatic heterocycles. The highest BCUT2D eigenvalue weighted by molar-refractivity contribution is 5.68. The van der Waals surface area contributed by atoms with Crippen LogP contribution in [0.15, 0.2) is 0 Å². The summed E-state index contributed by atoms with van der Waals surface area (Å²) in [7, 11) is 0. The Morgan fingerprint density at radius 3 is 2.18 bits per heavy atom. The normalized spacial score (nSPS) is 31.1. The highest BCUT2D eigenvalue weighted by Gasteiger charge is 2.40. The van der Waals surface area contributed by atoms with Gasteiger partial charge in [-0.15, -0.1) is 0 Å². The largest absolute Gasteiger partial charge is 0.444 e. The second-order valence-corrected chi connectivity index (χ2v) is 8.07. The quantitative estimate of drug-likeness (QED) is 0.851. The number of hydrogen-bond acceptors (Lipinski definition) is 4. The first kappa shape index (κ1) is 17.5. The van der Waals surface area contributed by atoms with Gasteiger partial charge in [0.15, 0.2) is 0 Å². The maximum Gasteiger partial charge on any atom is 0.410 e. The van der Waals surface area contributed by atoms with Crippen LogP contribution in [0.25, 0.3) is 0 Å². The number of rotatable bonds is 2. The average Bonchev–Trinajstić information content (AvgIpc) is 2.47. The van der Waals surface area contributed by atoms with Crippen LogP contribution in [-0.4, -0.2) is 59.8 Å². The van der Waals surface area contributed by atoms with Crippen molar-refractivity contribution in [2.45, 2.75) is 64.5 Å². The van der Waals surface area contributed by atoms with Gasteiger partial charge in [-0.25, -0.2) is 4.79 Å². The molecule has 1 aliphatic heterocycles. The number of nitrogens with two attached hydrogens (primary N) is 1. The van der Waals surface area contributed by atoms with Gasteiger partial charge in [-0.2, -0.15) is 0 Å². The zero-order valence-corrected chi connectivity index (χ0v) is 14.7. The van der Waals surface area contributed by atoms with Crippen LogP contribution >= 0.6 is 0 Å². The maximum atomic E-state index is 12.1. The van der Waals surface area contributed by atoms with E-state index in [0.29, 0.717) is 0 Å². The summed E-state index contributed by atoms with van der Waals surface area (Å²) in [6.45, 7) is 12.1. The van der Waals surface area contributed by atoms with Crippen molar-refractivity contribution in [2.24, 2.45) is 11.7 Å². The van der Waals surface area contributed by atoms with E-state index in [4.69, 9.17) is 10.5 Å². The molecule has 2 rings (SSSR count). The van der Waals surface area contributed by atoms with Gasteiger partial charge in [-0.3, -0.25) is 4.90 Å². The molecule has 5 heteroatoms.